The Labute approximate surface area is 193 Å². The highest BCUT2D eigenvalue weighted by Crippen LogP contribution is 2.39. The maximum Gasteiger partial charge on any atom is 0.116 e. The molecule has 0 fully saturated rings. The Balaban J connectivity index is 1.69. The highest BCUT2D eigenvalue weighted by molar-refractivity contribution is 6.21. The topological polar surface area (TPSA) is 30.7 Å². The van der Waals surface area contributed by atoms with Gasteiger partial charge >= 0.3 is 0 Å². The number of aryl methyl sites for hydroxylation is 1. The number of nitrogens with zero attached hydrogens (tertiary/aromatic N) is 3. The van der Waals surface area contributed by atoms with E-state index in [-0.39, 0.29) is 5.41 Å². The second-order valence-corrected chi connectivity index (χ2v) is 10.2. The Morgan fingerprint density at radius 2 is 1.52 bits per heavy atom. The van der Waals surface area contributed by atoms with Crippen molar-refractivity contribution in [3.8, 4) is 11.3 Å². The Morgan fingerprint density at radius 1 is 0.758 bits per heavy atom. The van der Waals surface area contributed by atoms with Crippen molar-refractivity contribution in [2.24, 2.45) is 12.5 Å². The third-order valence-electron chi connectivity index (χ3n) is 6.65. The van der Waals surface area contributed by atoms with Crippen LogP contribution in [0.2, 0.25) is 0 Å². The van der Waals surface area contributed by atoms with Gasteiger partial charge in [0.25, 0.3) is 0 Å². The molecule has 0 saturated heterocycles. The van der Waals surface area contributed by atoms with Crippen LogP contribution < -0.4 is 0 Å². The van der Waals surface area contributed by atoms with E-state index in [4.69, 9.17) is 9.97 Å². The SMILES string of the molecule is Cn1c2ccc3ccccc3c2c2ncnc(-c3cccc4c(CC(C)(C)C)cccc34)c21. The van der Waals surface area contributed by atoms with E-state index in [1.165, 1.54) is 38.0 Å². The summed E-state index contributed by atoms with van der Waals surface area (Å²) in [5, 5.41) is 6.21. The number of aromatic nitrogens is 3. The van der Waals surface area contributed by atoms with E-state index in [0.717, 1.165) is 28.7 Å². The molecule has 0 aliphatic rings. The van der Waals surface area contributed by atoms with Crippen LogP contribution in [-0.2, 0) is 13.5 Å². The predicted octanol–water partition coefficient (Wildman–Crippen LogP) is 7.68. The Morgan fingerprint density at radius 3 is 2.36 bits per heavy atom. The van der Waals surface area contributed by atoms with Crippen molar-refractivity contribution in [1.82, 2.24) is 14.5 Å². The second-order valence-electron chi connectivity index (χ2n) is 10.2. The summed E-state index contributed by atoms with van der Waals surface area (Å²) in [6, 6.07) is 26.2. The van der Waals surface area contributed by atoms with Crippen LogP contribution in [0.25, 0.3) is 54.7 Å². The minimum atomic E-state index is 0.226. The largest absolute Gasteiger partial charge is 0.340 e. The van der Waals surface area contributed by atoms with Gasteiger partial charge in [-0.1, -0.05) is 87.5 Å². The molecule has 0 bridgehead atoms. The summed E-state index contributed by atoms with van der Waals surface area (Å²) in [5.74, 6) is 0. The van der Waals surface area contributed by atoms with Gasteiger partial charge in [0.1, 0.15) is 11.8 Å². The fourth-order valence-electron chi connectivity index (χ4n) is 5.29. The number of benzene rings is 4. The normalized spacial score (nSPS) is 12.4. The molecule has 0 aliphatic heterocycles. The number of fused-ring (bicyclic) bond motifs is 6. The maximum atomic E-state index is 4.84. The van der Waals surface area contributed by atoms with Crippen molar-refractivity contribution in [3.05, 3.63) is 84.7 Å². The summed E-state index contributed by atoms with van der Waals surface area (Å²) >= 11 is 0. The van der Waals surface area contributed by atoms with Crippen molar-refractivity contribution >= 4 is 43.5 Å². The lowest BCUT2D eigenvalue weighted by molar-refractivity contribution is 0.412. The summed E-state index contributed by atoms with van der Waals surface area (Å²) in [7, 11) is 2.13. The van der Waals surface area contributed by atoms with E-state index in [1.54, 1.807) is 6.33 Å². The number of hydrogen-bond donors (Lipinski definition) is 0. The third-order valence-corrected chi connectivity index (χ3v) is 6.65. The standard InChI is InChI=1S/C30H27N3/c1-30(2,3)17-20-10-7-13-23-21(20)12-8-14-24(23)27-29-28(32-18-31-27)26-22-11-6-5-9-19(22)15-16-25(26)33(29)4/h5-16,18H,17H2,1-4H3. The lowest BCUT2D eigenvalue weighted by Crippen LogP contribution is -2.09. The summed E-state index contributed by atoms with van der Waals surface area (Å²) < 4.78 is 2.25. The van der Waals surface area contributed by atoms with Gasteiger partial charge in [-0.05, 0) is 45.0 Å². The molecular weight excluding hydrogens is 402 g/mol. The van der Waals surface area contributed by atoms with Gasteiger partial charge < -0.3 is 4.57 Å². The van der Waals surface area contributed by atoms with E-state index in [1.807, 2.05) is 0 Å². The lowest BCUT2D eigenvalue weighted by Gasteiger charge is -2.20. The van der Waals surface area contributed by atoms with Crippen molar-refractivity contribution < 1.29 is 0 Å². The molecule has 33 heavy (non-hydrogen) atoms. The Hall–Kier alpha value is -3.72. The van der Waals surface area contributed by atoms with Crippen LogP contribution in [0.1, 0.15) is 26.3 Å². The highest BCUT2D eigenvalue weighted by atomic mass is 15.0. The minimum absolute atomic E-state index is 0.226. The molecule has 0 amide bonds. The molecule has 0 aliphatic carbocycles. The first kappa shape index (κ1) is 19.9. The first-order valence-electron chi connectivity index (χ1n) is 11.5. The molecule has 0 saturated carbocycles. The molecule has 3 nitrogen and oxygen atoms in total. The molecule has 0 unspecified atom stereocenters. The molecule has 0 spiro atoms. The average molecular weight is 430 g/mol. The lowest BCUT2D eigenvalue weighted by atomic mass is 9.85. The Bertz CT molecular complexity index is 1680. The van der Waals surface area contributed by atoms with E-state index >= 15 is 0 Å². The molecule has 0 atom stereocenters. The van der Waals surface area contributed by atoms with Gasteiger partial charge in [-0.15, -0.1) is 0 Å². The van der Waals surface area contributed by atoms with Gasteiger partial charge in [-0.3, -0.25) is 0 Å². The molecule has 162 valence electrons. The number of hydrogen-bond acceptors (Lipinski definition) is 2. The van der Waals surface area contributed by atoms with Crippen molar-refractivity contribution in [2.75, 3.05) is 0 Å². The summed E-state index contributed by atoms with van der Waals surface area (Å²) in [6.07, 6.45) is 2.75. The minimum Gasteiger partial charge on any atom is -0.340 e. The molecule has 0 N–H and O–H groups in total. The molecule has 6 rings (SSSR count). The summed E-state index contributed by atoms with van der Waals surface area (Å²) in [5.41, 5.74) is 7.03. The monoisotopic (exact) mass is 429 g/mol. The molecule has 2 heterocycles. The van der Waals surface area contributed by atoms with Gasteiger partial charge in [0.05, 0.1) is 16.7 Å². The van der Waals surface area contributed by atoms with Gasteiger partial charge in [0, 0.05) is 18.0 Å². The van der Waals surface area contributed by atoms with E-state index < -0.39 is 0 Å². The zero-order chi connectivity index (χ0) is 22.7. The molecule has 3 heteroatoms. The van der Waals surface area contributed by atoms with Crippen LogP contribution in [0.3, 0.4) is 0 Å². The van der Waals surface area contributed by atoms with Crippen LogP contribution in [0.4, 0.5) is 0 Å². The van der Waals surface area contributed by atoms with Crippen LogP contribution in [-0.4, -0.2) is 14.5 Å². The van der Waals surface area contributed by atoms with Gasteiger partial charge in [0.2, 0.25) is 0 Å². The average Bonchev–Trinajstić information content (AvgIpc) is 3.11. The first-order chi connectivity index (χ1) is 15.9. The summed E-state index contributed by atoms with van der Waals surface area (Å²) in [6.45, 7) is 6.89. The van der Waals surface area contributed by atoms with Crippen LogP contribution in [0, 0.1) is 5.41 Å². The smallest absolute Gasteiger partial charge is 0.116 e. The molecule has 4 aromatic carbocycles. The fourth-order valence-corrected chi connectivity index (χ4v) is 5.29. The molecular formula is C30H27N3. The predicted molar refractivity (Wildman–Crippen MR) is 140 cm³/mol. The quantitative estimate of drug-likeness (QED) is 0.282. The first-order valence-corrected chi connectivity index (χ1v) is 11.5. The van der Waals surface area contributed by atoms with Crippen molar-refractivity contribution in [3.63, 3.8) is 0 Å². The summed E-state index contributed by atoms with van der Waals surface area (Å²) in [4.78, 5) is 9.62. The van der Waals surface area contributed by atoms with Gasteiger partial charge in [-0.25, -0.2) is 9.97 Å². The van der Waals surface area contributed by atoms with E-state index in [0.29, 0.717) is 0 Å². The van der Waals surface area contributed by atoms with Crippen molar-refractivity contribution in [2.45, 2.75) is 27.2 Å². The van der Waals surface area contributed by atoms with Crippen LogP contribution in [0.5, 0.6) is 0 Å². The molecule has 2 aromatic heterocycles. The maximum absolute atomic E-state index is 4.84. The zero-order valence-electron chi connectivity index (χ0n) is 19.6. The van der Waals surface area contributed by atoms with E-state index in [2.05, 4.69) is 105 Å². The second kappa shape index (κ2) is 7.14. The third kappa shape index (κ3) is 3.11. The molecule has 6 aromatic rings. The van der Waals surface area contributed by atoms with Crippen LogP contribution >= 0.6 is 0 Å². The zero-order valence-corrected chi connectivity index (χ0v) is 19.6. The number of rotatable bonds is 2. The van der Waals surface area contributed by atoms with Gasteiger partial charge in [0.15, 0.2) is 0 Å². The van der Waals surface area contributed by atoms with Gasteiger partial charge in [-0.2, -0.15) is 0 Å². The van der Waals surface area contributed by atoms with E-state index in [9.17, 15) is 0 Å². The highest BCUT2D eigenvalue weighted by Gasteiger charge is 2.19. The van der Waals surface area contributed by atoms with Crippen LogP contribution in [0.15, 0.2) is 79.1 Å². The van der Waals surface area contributed by atoms with Crippen molar-refractivity contribution in [1.29, 1.82) is 0 Å². The Kier molecular flexibility index (Phi) is 4.31. The fraction of sp³-hybridized carbons (Fsp3) is 0.200. The molecule has 0 radical (unpaired) electrons.